The summed E-state index contributed by atoms with van der Waals surface area (Å²) in [5, 5.41) is 0. The molecule has 0 radical (unpaired) electrons. The molecule has 0 aliphatic rings. The minimum Gasteiger partial charge on any atom is -0.345 e. The van der Waals surface area contributed by atoms with E-state index in [0.29, 0.717) is 0 Å². The molecule has 0 spiro atoms. The van der Waals surface area contributed by atoms with Crippen LogP contribution in [0.5, 0.6) is 0 Å². The lowest BCUT2D eigenvalue weighted by Gasteiger charge is -2.17. The SMILES string of the molecule is CCC(C)(C)/C=C/C(=O)N(C)C. The van der Waals surface area contributed by atoms with Crippen LogP contribution in [0.2, 0.25) is 0 Å². The van der Waals surface area contributed by atoms with E-state index in [1.807, 2.05) is 6.08 Å². The normalized spacial score (nSPS) is 12.1. The minimum absolute atomic E-state index is 0.0523. The van der Waals surface area contributed by atoms with Crippen LogP contribution in [0.1, 0.15) is 27.2 Å². The van der Waals surface area contributed by atoms with E-state index in [2.05, 4.69) is 20.8 Å². The van der Waals surface area contributed by atoms with Crippen LogP contribution in [0.3, 0.4) is 0 Å². The van der Waals surface area contributed by atoms with Gasteiger partial charge in [0, 0.05) is 14.1 Å². The van der Waals surface area contributed by atoms with Gasteiger partial charge in [-0.05, 0) is 17.9 Å². The molecule has 0 N–H and O–H groups in total. The summed E-state index contributed by atoms with van der Waals surface area (Å²) in [7, 11) is 3.51. The Morgan fingerprint density at radius 1 is 1.42 bits per heavy atom. The number of allylic oxidation sites excluding steroid dienone is 1. The molecule has 0 fully saturated rings. The van der Waals surface area contributed by atoms with E-state index in [1.165, 1.54) is 0 Å². The highest BCUT2D eigenvalue weighted by molar-refractivity contribution is 5.87. The van der Waals surface area contributed by atoms with Crippen molar-refractivity contribution in [3.05, 3.63) is 12.2 Å². The summed E-state index contributed by atoms with van der Waals surface area (Å²) in [5.74, 6) is 0.0523. The number of carbonyl (C=O) groups is 1. The second-order valence-electron chi connectivity index (χ2n) is 3.91. The second-order valence-corrected chi connectivity index (χ2v) is 3.91. The number of likely N-dealkylation sites (N-methyl/N-ethyl adjacent to an activating group) is 1. The third-order valence-corrected chi connectivity index (χ3v) is 2.03. The Hall–Kier alpha value is -0.790. The molecule has 70 valence electrons. The molecule has 0 bridgehead atoms. The fourth-order valence-corrected chi connectivity index (χ4v) is 0.564. The van der Waals surface area contributed by atoms with Crippen molar-refractivity contribution < 1.29 is 4.79 Å². The standard InChI is InChI=1S/C10H19NO/c1-6-10(2,3)8-7-9(12)11(4)5/h7-8H,6H2,1-5H3/b8-7+. The van der Waals surface area contributed by atoms with E-state index in [-0.39, 0.29) is 11.3 Å². The van der Waals surface area contributed by atoms with Gasteiger partial charge in [0.15, 0.2) is 0 Å². The van der Waals surface area contributed by atoms with Crippen molar-refractivity contribution in [3.8, 4) is 0 Å². The lowest BCUT2D eigenvalue weighted by Crippen LogP contribution is -2.19. The van der Waals surface area contributed by atoms with Crippen molar-refractivity contribution in [2.45, 2.75) is 27.2 Å². The Morgan fingerprint density at radius 2 is 1.92 bits per heavy atom. The Morgan fingerprint density at radius 3 is 2.25 bits per heavy atom. The first-order valence-corrected chi connectivity index (χ1v) is 4.29. The number of hydrogen-bond acceptors (Lipinski definition) is 1. The molecule has 0 saturated heterocycles. The van der Waals surface area contributed by atoms with Crippen molar-refractivity contribution in [3.63, 3.8) is 0 Å². The van der Waals surface area contributed by atoms with Crippen molar-refractivity contribution in [1.82, 2.24) is 4.90 Å². The molecule has 0 aromatic carbocycles. The van der Waals surface area contributed by atoms with Crippen molar-refractivity contribution in [2.24, 2.45) is 5.41 Å². The first-order valence-electron chi connectivity index (χ1n) is 4.29. The third kappa shape index (κ3) is 4.16. The monoisotopic (exact) mass is 169 g/mol. The summed E-state index contributed by atoms with van der Waals surface area (Å²) in [6.45, 7) is 6.35. The largest absolute Gasteiger partial charge is 0.345 e. The average molecular weight is 169 g/mol. The maximum absolute atomic E-state index is 11.1. The van der Waals surface area contributed by atoms with E-state index in [9.17, 15) is 4.79 Å². The van der Waals surface area contributed by atoms with Gasteiger partial charge in [-0.2, -0.15) is 0 Å². The molecule has 2 nitrogen and oxygen atoms in total. The van der Waals surface area contributed by atoms with E-state index < -0.39 is 0 Å². The van der Waals surface area contributed by atoms with Gasteiger partial charge in [0.25, 0.3) is 0 Å². The summed E-state index contributed by atoms with van der Waals surface area (Å²) in [6, 6.07) is 0. The van der Waals surface area contributed by atoms with Crippen LogP contribution < -0.4 is 0 Å². The average Bonchev–Trinajstić information content (AvgIpc) is 2.00. The Labute approximate surface area is 75.3 Å². The predicted molar refractivity (Wildman–Crippen MR) is 51.9 cm³/mol. The number of nitrogens with zero attached hydrogens (tertiary/aromatic N) is 1. The molecule has 0 saturated carbocycles. The van der Waals surface area contributed by atoms with E-state index in [1.54, 1.807) is 25.1 Å². The first kappa shape index (κ1) is 11.2. The minimum atomic E-state index is 0.0523. The zero-order valence-corrected chi connectivity index (χ0v) is 8.72. The van der Waals surface area contributed by atoms with Crippen LogP contribution in [0.25, 0.3) is 0 Å². The molecule has 2 heteroatoms. The Bertz CT molecular complexity index is 180. The summed E-state index contributed by atoms with van der Waals surface area (Å²) in [5.41, 5.74) is 0.131. The highest BCUT2D eigenvalue weighted by atomic mass is 16.2. The summed E-state index contributed by atoms with van der Waals surface area (Å²) in [6.07, 6.45) is 4.66. The predicted octanol–water partition coefficient (Wildman–Crippen LogP) is 2.07. The van der Waals surface area contributed by atoms with Gasteiger partial charge in [0.2, 0.25) is 5.91 Å². The van der Waals surface area contributed by atoms with Crippen LogP contribution >= 0.6 is 0 Å². The lowest BCUT2D eigenvalue weighted by molar-refractivity contribution is -0.123. The van der Waals surface area contributed by atoms with Crippen molar-refractivity contribution in [1.29, 1.82) is 0 Å². The molecule has 0 aliphatic heterocycles. The van der Waals surface area contributed by atoms with Crippen molar-refractivity contribution >= 4 is 5.91 Å². The van der Waals surface area contributed by atoms with Gasteiger partial charge in [-0.1, -0.05) is 26.8 Å². The van der Waals surface area contributed by atoms with Gasteiger partial charge in [-0.3, -0.25) is 4.79 Å². The molecule has 12 heavy (non-hydrogen) atoms. The lowest BCUT2D eigenvalue weighted by atomic mass is 9.90. The number of rotatable bonds is 3. The van der Waals surface area contributed by atoms with E-state index in [4.69, 9.17) is 0 Å². The molecular weight excluding hydrogens is 150 g/mol. The zero-order valence-electron chi connectivity index (χ0n) is 8.72. The summed E-state index contributed by atoms with van der Waals surface area (Å²) >= 11 is 0. The molecule has 0 heterocycles. The van der Waals surface area contributed by atoms with Gasteiger partial charge in [-0.25, -0.2) is 0 Å². The van der Waals surface area contributed by atoms with Crippen LogP contribution in [0.4, 0.5) is 0 Å². The van der Waals surface area contributed by atoms with Gasteiger partial charge < -0.3 is 4.90 Å². The van der Waals surface area contributed by atoms with E-state index in [0.717, 1.165) is 6.42 Å². The molecule has 0 aromatic heterocycles. The Balaban J connectivity index is 4.15. The maximum atomic E-state index is 11.1. The Kier molecular flexibility index (Phi) is 4.01. The highest BCUT2D eigenvalue weighted by Gasteiger charge is 2.10. The molecule has 0 aliphatic carbocycles. The smallest absolute Gasteiger partial charge is 0.245 e. The van der Waals surface area contributed by atoms with Crippen LogP contribution in [0.15, 0.2) is 12.2 Å². The molecule has 1 amide bonds. The fourth-order valence-electron chi connectivity index (χ4n) is 0.564. The first-order chi connectivity index (χ1) is 5.39. The third-order valence-electron chi connectivity index (χ3n) is 2.03. The molecule has 0 unspecified atom stereocenters. The summed E-state index contributed by atoms with van der Waals surface area (Å²) < 4.78 is 0. The van der Waals surface area contributed by atoms with Gasteiger partial charge >= 0.3 is 0 Å². The maximum Gasteiger partial charge on any atom is 0.245 e. The number of carbonyl (C=O) groups excluding carboxylic acids is 1. The van der Waals surface area contributed by atoms with Crippen LogP contribution in [0, 0.1) is 5.41 Å². The van der Waals surface area contributed by atoms with Gasteiger partial charge in [0.1, 0.15) is 0 Å². The van der Waals surface area contributed by atoms with Crippen molar-refractivity contribution in [2.75, 3.05) is 14.1 Å². The zero-order chi connectivity index (χ0) is 9.78. The van der Waals surface area contributed by atoms with Gasteiger partial charge in [0.05, 0.1) is 0 Å². The second kappa shape index (κ2) is 4.29. The fraction of sp³-hybridized carbons (Fsp3) is 0.700. The molecule has 0 atom stereocenters. The molecular formula is C10H19NO. The van der Waals surface area contributed by atoms with Crippen LogP contribution in [-0.2, 0) is 4.79 Å². The van der Waals surface area contributed by atoms with E-state index >= 15 is 0 Å². The number of hydrogen-bond donors (Lipinski definition) is 0. The highest BCUT2D eigenvalue weighted by Crippen LogP contribution is 2.20. The quantitative estimate of drug-likeness (QED) is 0.592. The molecule has 0 rings (SSSR count). The number of amides is 1. The summed E-state index contributed by atoms with van der Waals surface area (Å²) in [4.78, 5) is 12.7. The topological polar surface area (TPSA) is 20.3 Å². The van der Waals surface area contributed by atoms with Gasteiger partial charge in [-0.15, -0.1) is 0 Å². The van der Waals surface area contributed by atoms with Crippen LogP contribution in [-0.4, -0.2) is 24.9 Å². The molecule has 0 aromatic rings.